The Morgan fingerprint density at radius 2 is 2.20 bits per heavy atom. The Hall–Kier alpha value is -0.540. The van der Waals surface area contributed by atoms with Gasteiger partial charge in [-0.1, -0.05) is 41.8 Å². The highest BCUT2D eigenvalue weighted by Crippen LogP contribution is 2.46. The predicted molar refractivity (Wildman–Crippen MR) is 85.9 cm³/mol. The van der Waals surface area contributed by atoms with Gasteiger partial charge >= 0.3 is 0 Å². The van der Waals surface area contributed by atoms with Crippen molar-refractivity contribution in [3.63, 3.8) is 0 Å². The number of halogens is 1. The summed E-state index contributed by atoms with van der Waals surface area (Å²) in [6.07, 6.45) is 8.49. The Labute approximate surface area is 130 Å². The third kappa shape index (κ3) is 2.75. The highest BCUT2D eigenvalue weighted by Gasteiger charge is 2.40. The molecule has 0 amide bonds. The van der Waals surface area contributed by atoms with Crippen LogP contribution in [0.25, 0.3) is 0 Å². The summed E-state index contributed by atoms with van der Waals surface area (Å²) in [4.78, 5) is 0. The van der Waals surface area contributed by atoms with Crippen molar-refractivity contribution in [3.8, 4) is 5.75 Å². The molecule has 1 spiro atoms. The molecule has 3 atom stereocenters. The van der Waals surface area contributed by atoms with Gasteiger partial charge in [-0.25, -0.2) is 0 Å². The van der Waals surface area contributed by atoms with Gasteiger partial charge in [0.15, 0.2) is 0 Å². The molecule has 2 aliphatic rings. The van der Waals surface area contributed by atoms with Crippen LogP contribution in [0.5, 0.6) is 5.75 Å². The summed E-state index contributed by atoms with van der Waals surface area (Å²) < 4.78 is 7.54. The topological polar surface area (TPSA) is 35.2 Å². The van der Waals surface area contributed by atoms with E-state index in [4.69, 9.17) is 10.5 Å². The van der Waals surface area contributed by atoms with E-state index in [2.05, 4.69) is 41.1 Å². The number of ether oxygens (including phenoxy) is 1. The highest BCUT2D eigenvalue weighted by molar-refractivity contribution is 9.10. The summed E-state index contributed by atoms with van der Waals surface area (Å²) in [5.41, 5.74) is 7.57. The minimum atomic E-state index is -0.0167. The number of hydrogen-bond donors (Lipinski definition) is 1. The lowest BCUT2D eigenvalue weighted by atomic mass is 9.82. The van der Waals surface area contributed by atoms with Gasteiger partial charge in [0.25, 0.3) is 0 Å². The number of rotatable bonds is 1. The minimum absolute atomic E-state index is 0.0167. The van der Waals surface area contributed by atoms with Crippen molar-refractivity contribution in [2.75, 3.05) is 0 Å². The molecule has 1 aliphatic heterocycles. The third-order valence-electron chi connectivity index (χ3n) is 5.12. The summed E-state index contributed by atoms with van der Waals surface area (Å²) in [5.74, 6) is 1.87. The third-order valence-corrected chi connectivity index (χ3v) is 5.62. The SMILES string of the molecule is CCC1CCCC2(CC1)CC(N)c1ccc(Br)cc1O2. The zero-order valence-corrected chi connectivity index (χ0v) is 13.8. The first-order valence-electron chi connectivity index (χ1n) is 7.86. The van der Waals surface area contributed by atoms with Crippen LogP contribution in [-0.2, 0) is 0 Å². The van der Waals surface area contributed by atoms with Gasteiger partial charge in [0, 0.05) is 22.5 Å². The largest absolute Gasteiger partial charge is 0.487 e. The second-order valence-electron chi connectivity index (χ2n) is 6.48. The summed E-state index contributed by atoms with van der Waals surface area (Å²) in [5, 5.41) is 0. The van der Waals surface area contributed by atoms with Gasteiger partial charge in [-0.05, 0) is 43.7 Å². The Bertz CT molecular complexity index is 490. The van der Waals surface area contributed by atoms with Crippen LogP contribution < -0.4 is 10.5 Å². The van der Waals surface area contributed by atoms with E-state index < -0.39 is 0 Å². The van der Waals surface area contributed by atoms with Crippen molar-refractivity contribution >= 4 is 15.9 Å². The quantitative estimate of drug-likeness (QED) is 0.785. The van der Waals surface area contributed by atoms with E-state index in [0.717, 1.165) is 41.0 Å². The van der Waals surface area contributed by atoms with Gasteiger partial charge in [-0.15, -0.1) is 0 Å². The Kier molecular flexibility index (Phi) is 4.09. The Balaban J connectivity index is 1.86. The normalized spacial score (nSPS) is 33.4. The maximum absolute atomic E-state index is 6.47. The fraction of sp³-hybridized carbons (Fsp3) is 0.647. The molecule has 20 heavy (non-hydrogen) atoms. The zero-order chi connectivity index (χ0) is 14.2. The van der Waals surface area contributed by atoms with Crippen LogP contribution in [0.2, 0.25) is 0 Å². The molecule has 0 bridgehead atoms. The molecule has 3 heteroatoms. The Morgan fingerprint density at radius 3 is 3.00 bits per heavy atom. The number of benzene rings is 1. The molecular weight excluding hydrogens is 314 g/mol. The number of fused-ring (bicyclic) bond motifs is 1. The van der Waals surface area contributed by atoms with E-state index >= 15 is 0 Å². The zero-order valence-electron chi connectivity index (χ0n) is 12.2. The average molecular weight is 338 g/mol. The van der Waals surface area contributed by atoms with Crippen LogP contribution in [0.3, 0.4) is 0 Å². The van der Waals surface area contributed by atoms with Crippen molar-refractivity contribution < 1.29 is 4.74 Å². The summed E-state index contributed by atoms with van der Waals surface area (Å²) in [6, 6.07) is 6.35. The van der Waals surface area contributed by atoms with E-state index in [1.165, 1.54) is 25.7 Å². The lowest BCUT2D eigenvalue weighted by molar-refractivity contribution is 0.0203. The van der Waals surface area contributed by atoms with Crippen molar-refractivity contribution in [2.24, 2.45) is 11.7 Å². The Morgan fingerprint density at radius 1 is 1.35 bits per heavy atom. The van der Waals surface area contributed by atoms with Crippen molar-refractivity contribution in [2.45, 2.75) is 63.5 Å². The maximum Gasteiger partial charge on any atom is 0.126 e. The van der Waals surface area contributed by atoms with Crippen LogP contribution in [0, 0.1) is 5.92 Å². The van der Waals surface area contributed by atoms with Gasteiger partial charge in [0.1, 0.15) is 11.4 Å². The van der Waals surface area contributed by atoms with E-state index in [1.807, 2.05) is 0 Å². The molecule has 1 saturated carbocycles. The fourth-order valence-corrected chi connectivity index (χ4v) is 4.19. The first-order valence-corrected chi connectivity index (χ1v) is 8.65. The lowest BCUT2D eigenvalue weighted by Gasteiger charge is -2.41. The maximum atomic E-state index is 6.47. The molecule has 0 saturated heterocycles. The lowest BCUT2D eigenvalue weighted by Crippen LogP contribution is -2.42. The van der Waals surface area contributed by atoms with Crippen molar-refractivity contribution in [1.29, 1.82) is 0 Å². The van der Waals surface area contributed by atoms with Crippen molar-refractivity contribution in [3.05, 3.63) is 28.2 Å². The van der Waals surface area contributed by atoms with Crippen LogP contribution in [0.4, 0.5) is 0 Å². The predicted octanol–water partition coefficient (Wildman–Crippen LogP) is 4.96. The van der Waals surface area contributed by atoms with Gasteiger partial charge in [0.2, 0.25) is 0 Å². The summed E-state index contributed by atoms with van der Waals surface area (Å²) in [7, 11) is 0. The molecule has 110 valence electrons. The fourth-order valence-electron chi connectivity index (χ4n) is 3.85. The van der Waals surface area contributed by atoms with E-state index in [-0.39, 0.29) is 11.6 Å². The van der Waals surface area contributed by atoms with E-state index in [9.17, 15) is 0 Å². The van der Waals surface area contributed by atoms with Gasteiger partial charge < -0.3 is 10.5 Å². The van der Waals surface area contributed by atoms with Crippen LogP contribution in [0.15, 0.2) is 22.7 Å². The van der Waals surface area contributed by atoms with Crippen LogP contribution in [0.1, 0.15) is 63.5 Å². The van der Waals surface area contributed by atoms with Crippen LogP contribution in [-0.4, -0.2) is 5.60 Å². The second kappa shape index (κ2) is 5.69. The average Bonchev–Trinajstić information content (AvgIpc) is 2.60. The molecule has 1 aromatic rings. The van der Waals surface area contributed by atoms with Gasteiger partial charge in [-0.2, -0.15) is 0 Å². The summed E-state index contributed by atoms with van der Waals surface area (Å²) >= 11 is 3.54. The molecular formula is C17H24BrNO. The smallest absolute Gasteiger partial charge is 0.126 e. The molecule has 2 N–H and O–H groups in total. The highest BCUT2D eigenvalue weighted by atomic mass is 79.9. The molecule has 1 aliphatic carbocycles. The first-order chi connectivity index (χ1) is 9.62. The van der Waals surface area contributed by atoms with E-state index in [1.54, 1.807) is 0 Å². The van der Waals surface area contributed by atoms with Crippen LogP contribution >= 0.6 is 15.9 Å². The first kappa shape index (κ1) is 14.4. The number of hydrogen-bond acceptors (Lipinski definition) is 2. The molecule has 1 fully saturated rings. The second-order valence-corrected chi connectivity index (χ2v) is 7.40. The molecule has 3 rings (SSSR count). The molecule has 0 radical (unpaired) electrons. The molecule has 2 nitrogen and oxygen atoms in total. The van der Waals surface area contributed by atoms with Gasteiger partial charge in [-0.3, -0.25) is 0 Å². The molecule has 1 aromatic carbocycles. The van der Waals surface area contributed by atoms with E-state index in [0.29, 0.717) is 0 Å². The minimum Gasteiger partial charge on any atom is -0.487 e. The monoisotopic (exact) mass is 337 g/mol. The summed E-state index contributed by atoms with van der Waals surface area (Å²) in [6.45, 7) is 2.31. The van der Waals surface area contributed by atoms with Gasteiger partial charge in [0.05, 0.1) is 0 Å². The van der Waals surface area contributed by atoms with Crippen molar-refractivity contribution in [1.82, 2.24) is 0 Å². The molecule has 1 heterocycles. The molecule has 3 unspecified atom stereocenters. The molecule has 0 aromatic heterocycles. The standard InChI is InChI=1S/C17H24BrNO/c1-2-12-4-3-8-17(9-7-12)11-15(19)14-6-5-13(18)10-16(14)20-17/h5-6,10,12,15H,2-4,7-9,11,19H2,1H3. The number of nitrogens with two attached hydrogens (primary N) is 1.